The molecule has 1 aliphatic heterocycles. The van der Waals surface area contributed by atoms with E-state index in [-0.39, 0.29) is 43.3 Å². The van der Waals surface area contributed by atoms with Gasteiger partial charge in [0.05, 0.1) is 6.61 Å². The average molecular weight is 479 g/mol. The number of hydrogen-bond acceptors (Lipinski definition) is 5. The summed E-state index contributed by atoms with van der Waals surface area (Å²) >= 11 is 0. The Morgan fingerprint density at radius 3 is 2.34 bits per heavy atom. The first kappa shape index (κ1) is 23.4. The van der Waals surface area contributed by atoms with Gasteiger partial charge in [-0.3, -0.25) is 4.79 Å². The van der Waals surface area contributed by atoms with Gasteiger partial charge in [-0.25, -0.2) is 9.59 Å². The van der Waals surface area contributed by atoms with Gasteiger partial charge in [0.15, 0.2) is 5.54 Å². The molecule has 5 rings (SSSR count). The van der Waals surface area contributed by atoms with Crippen LogP contribution in [0.25, 0.3) is 11.1 Å². The number of amides is 2. The summed E-state index contributed by atoms with van der Waals surface area (Å²) in [5, 5.41) is 15.2. The van der Waals surface area contributed by atoms with Crippen LogP contribution in [0.15, 0.2) is 48.5 Å². The molecule has 1 saturated carbocycles. The normalized spacial score (nSPS) is 25.0. The van der Waals surface area contributed by atoms with Crippen molar-refractivity contribution in [2.75, 3.05) is 26.4 Å². The Hall–Kier alpha value is -3.39. The van der Waals surface area contributed by atoms with E-state index in [1.807, 2.05) is 24.3 Å². The lowest BCUT2D eigenvalue weighted by molar-refractivity contribution is -0.148. The highest BCUT2D eigenvalue weighted by Gasteiger charge is 2.46. The first-order chi connectivity index (χ1) is 17.0. The van der Waals surface area contributed by atoms with Crippen LogP contribution in [0, 0.1) is 11.8 Å². The number of alkyl carbamates (subject to hydrolysis) is 1. The van der Waals surface area contributed by atoms with E-state index >= 15 is 0 Å². The lowest BCUT2D eigenvalue weighted by Gasteiger charge is -2.27. The second-order valence-electron chi connectivity index (χ2n) is 9.68. The molecule has 35 heavy (non-hydrogen) atoms. The number of carbonyl (C=O) groups is 3. The van der Waals surface area contributed by atoms with Gasteiger partial charge in [0.2, 0.25) is 5.91 Å². The van der Waals surface area contributed by atoms with Crippen LogP contribution in [0.2, 0.25) is 0 Å². The zero-order chi connectivity index (χ0) is 24.4. The number of nitrogens with one attached hydrogen (secondary N) is 2. The predicted octanol–water partition coefficient (Wildman–Crippen LogP) is 3.30. The molecule has 2 aromatic rings. The van der Waals surface area contributed by atoms with Crippen molar-refractivity contribution in [1.82, 2.24) is 10.6 Å². The smallest absolute Gasteiger partial charge is 0.407 e. The van der Waals surface area contributed by atoms with Crippen LogP contribution >= 0.6 is 0 Å². The van der Waals surface area contributed by atoms with Gasteiger partial charge in [-0.15, -0.1) is 0 Å². The number of carboxylic acid groups (broad SMARTS) is 1. The van der Waals surface area contributed by atoms with Crippen molar-refractivity contribution in [3.63, 3.8) is 0 Å². The number of aliphatic carboxylic acids is 1. The Kier molecular flexibility index (Phi) is 6.47. The third-order valence-corrected chi connectivity index (χ3v) is 7.64. The Balaban J connectivity index is 1.16. The molecule has 8 nitrogen and oxygen atoms in total. The molecule has 0 bridgehead atoms. The predicted molar refractivity (Wildman–Crippen MR) is 128 cm³/mol. The van der Waals surface area contributed by atoms with E-state index < -0.39 is 17.6 Å². The van der Waals surface area contributed by atoms with Crippen molar-refractivity contribution in [3.05, 3.63) is 59.7 Å². The molecule has 8 heteroatoms. The van der Waals surface area contributed by atoms with Gasteiger partial charge >= 0.3 is 12.1 Å². The van der Waals surface area contributed by atoms with E-state index in [0.29, 0.717) is 19.6 Å². The maximum atomic E-state index is 12.9. The Morgan fingerprint density at radius 2 is 1.71 bits per heavy atom. The minimum absolute atomic E-state index is 0.0148. The number of carboxylic acids is 1. The van der Waals surface area contributed by atoms with Crippen molar-refractivity contribution >= 4 is 18.0 Å². The lowest BCUT2D eigenvalue weighted by atomic mass is 9.92. The van der Waals surface area contributed by atoms with E-state index in [4.69, 9.17) is 9.47 Å². The molecule has 2 fully saturated rings. The minimum atomic E-state index is -1.36. The van der Waals surface area contributed by atoms with Crippen LogP contribution in [0.4, 0.5) is 4.79 Å². The molecule has 2 amide bonds. The Morgan fingerprint density at radius 1 is 1.03 bits per heavy atom. The molecule has 3 aliphatic rings. The Labute approximate surface area is 204 Å². The maximum absolute atomic E-state index is 12.9. The van der Waals surface area contributed by atoms with Crippen LogP contribution in [-0.2, 0) is 19.1 Å². The maximum Gasteiger partial charge on any atom is 0.407 e. The summed E-state index contributed by atoms with van der Waals surface area (Å²) < 4.78 is 10.8. The van der Waals surface area contributed by atoms with Gasteiger partial charge in [0, 0.05) is 31.4 Å². The second kappa shape index (κ2) is 9.70. The highest BCUT2D eigenvalue weighted by Crippen LogP contribution is 2.44. The average Bonchev–Trinajstić information content (AvgIpc) is 3.60. The van der Waals surface area contributed by atoms with E-state index in [0.717, 1.165) is 24.0 Å². The van der Waals surface area contributed by atoms with Crippen molar-refractivity contribution in [1.29, 1.82) is 0 Å². The summed E-state index contributed by atoms with van der Waals surface area (Å²) in [6.07, 6.45) is 2.05. The summed E-state index contributed by atoms with van der Waals surface area (Å²) in [5.74, 6) is -1.78. The van der Waals surface area contributed by atoms with Crippen LogP contribution in [0.1, 0.15) is 42.7 Å². The summed E-state index contributed by atoms with van der Waals surface area (Å²) in [7, 11) is 0. The summed E-state index contributed by atoms with van der Waals surface area (Å²) in [6, 6.07) is 16.3. The number of fused-ring (bicyclic) bond motifs is 3. The third kappa shape index (κ3) is 4.50. The molecule has 0 aromatic heterocycles. The lowest BCUT2D eigenvalue weighted by Crippen LogP contribution is -2.57. The Bertz CT molecular complexity index is 1080. The first-order valence-electron chi connectivity index (χ1n) is 12.2. The van der Waals surface area contributed by atoms with Gasteiger partial charge in [-0.2, -0.15) is 0 Å². The van der Waals surface area contributed by atoms with E-state index in [2.05, 4.69) is 34.9 Å². The quantitative estimate of drug-likeness (QED) is 0.563. The fourth-order valence-electron chi connectivity index (χ4n) is 5.70. The van der Waals surface area contributed by atoms with E-state index in [9.17, 15) is 19.5 Å². The molecule has 1 heterocycles. The summed E-state index contributed by atoms with van der Waals surface area (Å²) in [4.78, 5) is 37.2. The molecule has 3 N–H and O–H groups in total. The van der Waals surface area contributed by atoms with Crippen molar-refractivity contribution in [3.8, 4) is 11.1 Å². The zero-order valence-corrected chi connectivity index (χ0v) is 19.5. The number of carbonyl (C=O) groups excluding carboxylic acids is 2. The van der Waals surface area contributed by atoms with Crippen LogP contribution in [-0.4, -0.2) is 55.0 Å². The highest BCUT2D eigenvalue weighted by atomic mass is 16.5. The van der Waals surface area contributed by atoms with Gasteiger partial charge in [-0.05, 0) is 41.0 Å². The monoisotopic (exact) mass is 478 g/mol. The summed E-state index contributed by atoms with van der Waals surface area (Å²) in [6.45, 7) is 0.828. The van der Waals surface area contributed by atoms with E-state index in [1.54, 1.807) is 0 Å². The number of ether oxygens (including phenoxy) is 2. The third-order valence-electron chi connectivity index (χ3n) is 7.64. The molecule has 0 spiro atoms. The minimum Gasteiger partial charge on any atom is -0.479 e. The molecule has 1 saturated heterocycles. The molecule has 2 aromatic carbocycles. The standard InChI is InChI=1S/C27H30N2O6/c30-24(29-27(25(31)32)12-13-34-16-27)18-11-5-6-17(18)14-28-26(33)35-15-23-21-9-3-1-7-19(21)20-8-2-4-10-22(20)23/h1-4,7-10,17-18,23H,5-6,11-16H2,(H,28,33)(H,29,30)(H,31,32). The molecule has 3 unspecified atom stereocenters. The molecular formula is C27H30N2O6. The SMILES string of the molecule is O=C(NCC1CCCC1C(=O)NC1(C(=O)O)CCOC1)OCC1c2ccccc2-c2ccccc21. The van der Waals surface area contributed by atoms with E-state index in [1.165, 1.54) is 11.1 Å². The molecule has 3 atom stereocenters. The number of benzene rings is 2. The number of rotatable bonds is 7. The van der Waals surface area contributed by atoms with Crippen LogP contribution in [0.3, 0.4) is 0 Å². The molecule has 0 radical (unpaired) electrons. The first-order valence-corrected chi connectivity index (χ1v) is 12.2. The van der Waals surface area contributed by atoms with Crippen molar-refractivity contribution < 1.29 is 29.0 Å². The topological polar surface area (TPSA) is 114 Å². The molecule has 2 aliphatic carbocycles. The number of hydrogen-bond donors (Lipinski definition) is 3. The fraction of sp³-hybridized carbons (Fsp3) is 0.444. The van der Waals surface area contributed by atoms with Crippen molar-refractivity contribution in [2.45, 2.75) is 37.1 Å². The zero-order valence-electron chi connectivity index (χ0n) is 19.5. The van der Waals surface area contributed by atoms with Crippen LogP contribution < -0.4 is 10.6 Å². The van der Waals surface area contributed by atoms with Crippen molar-refractivity contribution in [2.24, 2.45) is 11.8 Å². The fourth-order valence-corrected chi connectivity index (χ4v) is 5.70. The highest BCUT2D eigenvalue weighted by molar-refractivity contribution is 5.89. The van der Waals surface area contributed by atoms with Gasteiger partial charge < -0.3 is 25.2 Å². The molecule has 184 valence electrons. The van der Waals surface area contributed by atoms with Gasteiger partial charge in [0.1, 0.15) is 6.61 Å². The van der Waals surface area contributed by atoms with Gasteiger partial charge in [-0.1, -0.05) is 55.0 Å². The summed E-state index contributed by atoms with van der Waals surface area (Å²) in [5.41, 5.74) is 3.28. The largest absolute Gasteiger partial charge is 0.479 e. The van der Waals surface area contributed by atoms with Gasteiger partial charge in [0.25, 0.3) is 0 Å². The van der Waals surface area contributed by atoms with Crippen LogP contribution in [0.5, 0.6) is 0 Å². The molecular weight excluding hydrogens is 448 g/mol. The second-order valence-corrected chi connectivity index (χ2v) is 9.68.